The van der Waals surface area contributed by atoms with Crippen molar-refractivity contribution >= 4 is 5.91 Å². The maximum absolute atomic E-state index is 12.6. The number of hydrogen-bond donors (Lipinski definition) is 2. The van der Waals surface area contributed by atoms with E-state index in [1.807, 2.05) is 11.6 Å². The molecule has 0 bridgehead atoms. The largest absolute Gasteiger partial charge is 0.394 e. The highest BCUT2D eigenvalue weighted by molar-refractivity contribution is 5.95. The number of aromatic nitrogens is 2. The molecule has 2 rings (SSSR count). The molecule has 7 heteroatoms. The quantitative estimate of drug-likeness (QED) is 0.738. The van der Waals surface area contributed by atoms with Crippen molar-refractivity contribution in [1.29, 1.82) is 0 Å². The number of amides is 1. The van der Waals surface area contributed by atoms with Crippen LogP contribution in [0.15, 0.2) is 6.20 Å². The molecule has 0 aromatic carbocycles. The van der Waals surface area contributed by atoms with Gasteiger partial charge in [-0.2, -0.15) is 5.10 Å². The standard InChI is InChI=1S/C17H30N4O3/c1-4-15(5-2)21-13(3)16(10-18-21)17(23)19-14(12-22)11-20-6-8-24-9-7-20/h10,14-15,22H,4-9,11-12H2,1-3H3,(H,19,23). The van der Waals surface area contributed by atoms with Crippen LogP contribution in [0.2, 0.25) is 0 Å². The van der Waals surface area contributed by atoms with Crippen molar-refractivity contribution in [3.05, 3.63) is 17.5 Å². The Kier molecular flexibility index (Phi) is 7.20. The van der Waals surface area contributed by atoms with Gasteiger partial charge in [0.15, 0.2) is 0 Å². The summed E-state index contributed by atoms with van der Waals surface area (Å²) < 4.78 is 7.26. The number of hydrogen-bond acceptors (Lipinski definition) is 5. The molecule has 1 aromatic heterocycles. The summed E-state index contributed by atoms with van der Waals surface area (Å²) in [5, 5.41) is 16.9. The van der Waals surface area contributed by atoms with Crippen molar-refractivity contribution in [3.8, 4) is 0 Å². The summed E-state index contributed by atoms with van der Waals surface area (Å²) in [5.74, 6) is -0.169. The normalized spacial score (nSPS) is 17.2. The highest BCUT2D eigenvalue weighted by Gasteiger charge is 2.22. The minimum atomic E-state index is -0.286. The van der Waals surface area contributed by atoms with E-state index < -0.39 is 0 Å². The molecule has 24 heavy (non-hydrogen) atoms. The maximum Gasteiger partial charge on any atom is 0.255 e. The first kappa shape index (κ1) is 18.9. The van der Waals surface area contributed by atoms with Gasteiger partial charge in [-0.25, -0.2) is 0 Å². The summed E-state index contributed by atoms with van der Waals surface area (Å²) in [5.41, 5.74) is 1.46. The van der Waals surface area contributed by atoms with Crippen LogP contribution in [0, 0.1) is 6.92 Å². The van der Waals surface area contributed by atoms with Gasteiger partial charge >= 0.3 is 0 Å². The molecule has 0 spiro atoms. The molecule has 0 saturated carbocycles. The average molecular weight is 338 g/mol. The molecule has 1 saturated heterocycles. The Morgan fingerprint density at radius 1 is 1.38 bits per heavy atom. The van der Waals surface area contributed by atoms with E-state index in [1.54, 1.807) is 6.20 Å². The predicted molar refractivity (Wildman–Crippen MR) is 92.2 cm³/mol. The molecule has 0 radical (unpaired) electrons. The van der Waals surface area contributed by atoms with E-state index in [-0.39, 0.29) is 18.6 Å². The van der Waals surface area contributed by atoms with Crippen LogP contribution in [0.4, 0.5) is 0 Å². The van der Waals surface area contributed by atoms with E-state index in [0.29, 0.717) is 31.4 Å². The van der Waals surface area contributed by atoms with E-state index in [0.717, 1.165) is 31.6 Å². The molecule has 1 amide bonds. The third-order valence-corrected chi connectivity index (χ3v) is 4.72. The lowest BCUT2D eigenvalue weighted by molar-refractivity contribution is 0.0297. The van der Waals surface area contributed by atoms with Gasteiger partial charge in [0.05, 0.1) is 43.7 Å². The van der Waals surface area contributed by atoms with Crippen LogP contribution in [-0.4, -0.2) is 71.2 Å². The Labute approximate surface area is 144 Å². The molecule has 136 valence electrons. The monoisotopic (exact) mass is 338 g/mol. The fourth-order valence-corrected chi connectivity index (χ4v) is 3.16. The summed E-state index contributed by atoms with van der Waals surface area (Å²) in [6, 6.07) is 0.0278. The number of ether oxygens (including phenoxy) is 1. The van der Waals surface area contributed by atoms with Gasteiger partial charge in [0.25, 0.3) is 5.91 Å². The number of morpholine rings is 1. The van der Waals surface area contributed by atoms with Gasteiger partial charge in [0.1, 0.15) is 0 Å². The second-order valence-electron chi connectivity index (χ2n) is 6.32. The third-order valence-electron chi connectivity index (χ3n) is 4.72. The zero-order valence-corrected chi connectivity index (χ0v) is 15.0. The molecule has 2 heterocycles. The molecule has 1 aromatic rings. The first-order chi connectivity index (χ1) is 11.6. The number of nitrogens with zero attached hydrogens (tertiary/aromatic N) is 3. The zero-order chi connectivity index (χ0) is 17.5. The van der Waals surface area contributed by atoms with Crippen LogP contribution >= 0.6 is 0 Å². The summed E-state index contributed by atoms with van der Waals surface area (Å²) >= 11 is 0. The van der Waals surface area contributed by atoms with E-state index >= 15 is 0 Å². The lowest BCUT2D eigenvalue weighted by Crippen LogP contribution is -2.49. The minimum absolute atomic E-state index is 0.0805. The van der Waals surface area contributed by atoms with Gasteiger partial charge in [-0.05, 0) is 19.8 Å². The summed E-state index contributed by atoms with van der Waals surface area (Å²) in [7, 11) is 0. The Hall–Kier alpha value is -1.44. The molecule has 2 N–H and O–H groups in total. The topological polar surface area (TPSA) is 79.6 Å². The number of carbonyl (C=O) groups excluding carboxylic acids is 1. The van der Waals surface area contributed by atoms with E-state index in [4.69, 9.17) is 4.74 Å². The van der Waals surface area contributed by atoms with Crippen LogP contribution < -0.4 is 5.32 Å². The van der Waals surface area contributed by atoms with Crippen LogP contribution in [0.25, 0.3) is 0 Å². The fourth-order valence-electron chi connectivity index (χ4n) is 3.16. The molecule has 1 aliphatic heterocycles. The van der Waals surface area contributed by atoms with Crippen molar-refractivity contribution in [2.24, 2.45) is 0 Å². The van der Waals surface area contributed by atoms with Gasteiger partial charge < -0.3 is 15.2 Å². The molecule has 7 nitrogen and oxygen atoms in total. The van der Waals surface area contributed by atoms with Crippen molar-refractivity contribution in [2.45, 2.75) is 45.7 Å². The van der Waals surface area contributed by atoms with Crippen LogP contribution in [-0.2, 0) is 4.74 Å². The number of carbonyl (C=O) groups is 1. The molecule has 1 unspecified atom stereocenters. The van der Waals surface area contributed by atoms with Gasteiger partial charge in [-0.15, -0.1) is 0 Å². The number of aliphatic hydroxyl groups excluding tert-OH is 1. The van der Waals surface area contributed by atoms with Crippen LogP contribution in [0.1, 0.15) is 48.8 Å². The van der Waals surface area contributed by atoms with Crippen molar-refractivity contribution < 1.29 is 14.6 Å². The number of nitrogens with one attached hydrogen (secondary N) is 1. The number of aliphatic hydroxyl groups is 1. The molecule has 0 aliphatic carbocycles. The van der Waals surface area contributed by atoms with E-state index in [2.05, 4.69) is 29.2 Å². The smallest absolute Gasteiger partial charge is 0.255 e. The molecular formula is C17H30N4O3. The van der Waals surface area contributed by atoms with Crippen molar-refractivity contribution in [1.82, 2.24) is 20.0 Å². The van der Waals surface area contributed by atoms with Crippen LogP contribution in [0.3, 0.4) is 0 Å². The predicted octanol–water partition coefficient (Wildman–Crippen LogP) is 0.976. The summed E-state index contributed by atoms with van der Waals surface area (Å²) in [6.07, 6.45) is 3.60. The molecule has 1 fully saturated rings. The Balaban J connectivity index is 1.99. The van der Waals surface area contributed by atoms with Gasteiger partial charge in [0, 0.05) is 25.3 Å². The Morgan fingerprint density at radius 3 is 2.62 bits per heavy atom. The SMILES string of the molecule is CCC(CC)n1ncc(C(=O)NC(CO)CN2CCOCC2)c1C. The Bertz CT molecular complexity index is 522. The van der Waals surface area contributed by atoms with E-state index in [1.165, 1.54) is 0 Å². The van der Waals surface area contributed by atoms with Gasteiger partial charge in [-0.3, -0.25) is 14.4 Å². The van der Waals surface area contributed by atoms with Crippen molar-refractivity contribution in [2.75, 3.05) is 39.5 Å². The lowest BCUT2D eigenvalue weighted by atomic mass is 10.1. The third kappa shape index (κ3) is 4.55. The summed E-state index contributed by atoms with van der Waals surface area (Å²) in [4.78, 5) is 14.8. The van der Waals surface area contributed by atoms with Crippen LogP contribution in [0.5, 0.6) is 0 Å². The van der Waals surface area contributed by atoms with E-state index in [9.17, 15) is 9.90 Å². The fraction of sp³-hybridized carbons (Fsp3) is 0.765. The highest BCUT2D eigenvalue weighted by atomic mass is 16.5. The average Bonchev–Trinajstić information content (AvgIpc) is 2.98. The highest BCUT2D eigenvalue weighted by Crippen LogP contribution is 2.19. The molecule has 1 aliphatic rings. The summed E-state index contributed by atoms with van der Waals surface area (Å²) in [6.45, 7) is 9.79. The minimum Gasteiger partial charge on any atom is -0.394 e. The first-order valence-corrected chi connectivity index (χ1v) is 8.86. The first-order valence-electron chi connectivity index (χ1n) is 8.86. The second kappa shape index (κ2) is 9.15. The Morgan fingerprint density at radius 2 is 2.04 bits per heavy atom. The maximum atomic E-state index is 12.6. The zero-order valence-electron chi connectivity index (χ0n) is 15.0. The molecule has 1 atom stereocenters. The second-order valence-corrected chi connectivity index (χ2v) is 6.32. The van der Waals surface area contributed by atoms with Gasteiger partial charge in [0.2, 0.25) is 0 Å². The molecular weight excluding hydrogens is 308 g/mol. The number of rotatable bonds is 8. The van der Waals surface area contributed by atoms with Crippen molar-refractivity contribution in [3.63, 3.8) is 0 Å². The lowest BCUT2D eigenvalue weighted by Gasteiger charge is -2.30. The van der Waals surface area contributed by atoms with Gasteiger partial charge in [-0.1, -0.05) is 13.8 Å².